The molecule has 1 amide bonds. The predicted octanol–water partition coefficient (Wildman–Crippen LogP) is 4.64. The topological polar surface area (TPSA) is 49.3 Å². The third-order valence-electron chi connectivity index (χ3n) is 5.69. The molecular weight excluding hydrogens is 342 g/mol. The van der Waals surface area contributed by atoms with Crippen molar-refractivity contribution in [1.82, 2.24) is 5.32 Å². The highest BCUT2D eigenvalue weighted by atomic mass is 35.5. The monoisotopic (exact) mass is 361 g/mol. The maximum atomic E-state index is 12.6. The molecule has 5 heteroatoms. The Labute approximate surface area is 150 Å². The second kappa shape index (κ2) is 5.24. The summed E-state index contributed by atoms with van der Waals surface area (Å²) < 4.78 is 0. The Balaban J connectivity index is 1.51. The van der Waals surface area contributed by atoms with Crippen LogP contribution in [0, 0.1) is 18.3 Å². The summed E-state index contributed by atoms with van der Waals surface area (Å²) in [5.74, 6) is 1.39. The largest absolute Gasteiger partial charge is 0.506 e. The van der Waals surface area contributed by atoms with Crippen LogP contribution in [-0.4, -0.2) is 11.0 Å². The minimum absolute atomic E-state index is 0.00680. The lowest BCUT2D eigenvalue weighted by Crippen LogP contribution is -2.23. The van der Waals surface area contributed by atoms with Crippen LogP contribution in [-0.2, 0) is 13.0 Å². The molecule has 2 N–H and O–H groups in total. The molecule has 2 aromatic rings. The molecular formula is C19H20ClNO2S. The van der Waals surface area contributed by atoms with Crippen LogP contribution in [0.25, 0.3) is 0 Å². The van der Waals surface area contributed by atoms with E-state index in [0.717, 1.165) is 16.9 Å². The van der Waals surface area contributed by atoms with Crippen LogP contribution in [0.5, 0.6) is 5.75 Å². The molecule has 0 spiro atoms. The zero-order chi connectivity index (χ0) is 17.2. The zero-order valence-corrected chi connectivity index (χ0v) is 15.5. The normalized spacial score (nSPS) is 22.8. The van der Waals surface area contributed by atoms with E-state index in [-0.39, 0.29) is 11.7 Å². The summed E-state index contributed by atoms with van der Waals surface area (Å²) in [6.07, 6.45) is 1.03. The quantitative estimate of drug-likeness (QED) is 0.836. The Morgan fingerprint density at radius 1 is 1.46 bits per heavy atom. The number of benzene rings is 1. The van der Waals surface area contributed by atoms with E-state index in [1.54, 1.807) is 29.5 Å². The Hall–Kier alpha value is -1.52. The van der Waals surface area contributed by atoms with Gasteiger partial charge in [-0.25, -0.2) is 0 Å². The van der Waals surface area contributed by atoms with Crippen LogP contribution in [0.2, 0.25) is 5.02 Å². The molecule has 3 nitrogen and oxygen atoms in total. The Morgan fingerprint density at radius 3 is 2.92 bits per heavy atom. The first-order chi connectivity index (χ1) is 11.3. The van der Waals surface area contributed by atoms with E-state index in [2.05, 4.69) is 26.1 Å². The van der Waals surface area contributed by atoms with Gasteiger partial charge in [0.15, 0.2) is 0 Å². The van der Waals surface area contributed by atoms with Crippen LogP contribution in [0.15, 0.2) is 18.2 Å². The van der Waals surface area contributed by atoms with E-state index >= 15 is 0 Å². The van der Waals surface area contributed by atoms with Crippen molar-refractivity contribution in [2.75, 3.05) is 0 Å². The van der Waals surface area contributed by atoms with Crippen molar-refractivity contribution in [3.05, 3.63) is 49.7 Å². The van der Waals surface area contributed by atoms with Crippen molar-refractivity contribution < 1.29 is 9.90 Å². The van der Waals surface area contributed by atoms with Crippen LogP contribution in [0.1, 0.15) is 51.0 Å². The number of amides is 1. The van der Waals surface area contributed by atoms with Crippen molar-refractivity contribution in [2.24, 2.45) is 11.3 Å². The third-order valence-corrected chi connectivity index (χ3v) is 7.16. The Bertz CT molecular complexity index is 855. The predicted molar refractivity (Wildman–Crippen MR) is 97.1 cm³/mol. The fourth-order valence-electron chi connectivity index (χ4n) is 4.24. The van der Waals surface area contributed by atoms with Gasteiger partial charge in [0.2, 0.25) is 0 Å². The van der Waals surface area contributed by atoms with Crippen molar-refractivity contribution in [2.45, 2.75) is 39.7 Å². The molecule has 24 heavy (non-hydrogen) atoms. The highest BCUT2D eigenvalue weighted by Crippen LogP contribution is 2.71. The molecule has 1 saturated carbocycles. The van der Waals surface area contributed by atoms with E-state index in [9.17, 15) is 9.90 Å². The average molecular weight is 362 g/mol. The average Bonchev–Trinajstić information content (AvgIpc) is 2.88. The van der Waals surface area contributed by atoms with Crippen molar-refractivity contribution in [3.63, 3.8) is 0 Å². The number of hydrogen-bond donors (Lipinski definition) is 2. The number of nitrogens with one attached hydrogen (secondary N) is 1. The fourth-order valence-corrected chi connectivity index (χ4v) is 5.59. The van der Waals surface area contributed by atoms with E-state index in [1.165, 1.54) is 16.0 Å². The Kier molecular flexibility index (Phi) is 3.49. The third kappa shape index (κ3) is 2.27. The fraction of sp³-hybridized carbons (Fsp3) is 0.421. The molecule has 0 aliphatic heterocycles. The van der Waals surface area contributed by atoms with Crippen molar-refractivity contribution in [3.8, 4) is 5.75 Å². The molecule has 2 atom stereocenters. The number of hydrogen-bond acceptors (Lipinski definition) is 3. The van der Waals surface area contributed by atoms with Crippen molar-refractivity contribution in [1.29, 1.82) is 0 Å². The second-order valence-corrected chi connectivity index (χ2v) is 9.09. The number of halogens is 1. The summed E-state index contributed by atoms with van der Waals surface area (Å²) in [4.78, 5) is 14.8. The van der Waals surface area contributed by atoms with Gasteiger partial charge in [-0.2, -0.15) is 0 Å². The molecule has 2 aliphatic carbocycles. The molecule has 4 rings (SSSR count). The number of thiophene rings is 1. The van der Waals surface area contributed by atoms with Gasteiger partial charge in [0.25, 0.3) is 5.91 Å². The van der Waals surface area contributed by atoms with Gasteiger partial charge in [-0.3, -0.25) is 4.79 Å². The molecule has 0 bridgehead atoms. The lowest BCUT2D eigenvalue weighted by atomic mass is 9.95. The number of carbonyl (C=O) groups excluding carboxylic acids is 1. The summed E-state index contributed by atoms with van der Waals surface area (Å²) >= 11 is 7.53. The minimum Gasteiger partial charge on any atom is -0.506 e. The number of carbonyl (C=O) groups is 1. The summed E-state index contributed by atoms with van der Waals surface area (Å²) in [5, 5.41) is 12.8. The van der Waals surface area contributed by atoms with Crippen LogP contribution in [0.4, 0.5) is 0 Å². The number of aromatic hydroxyl groups is 1. The first-order valence-corrected chi connectivity index (χ1v) is 9.38. The SMILES string of the molecule is Cc1sc(C(=O)NCc2ccc(O)c(Cl)c2)c2c1[C@H]1[C@@H](C2)C1(C)C. The standard InChI is InChI=1S/C19H20ClNO2S/c1-9-15-11(7-12-16(15)19(12,2)3)17(24-9)18(23)21-8-10-4-5-14(22)13(20)6-10/h4-6,12,16,22H,7-8H2,1-3H3,(H,21,23)/t12-,16-/m1/s1. The number of aryl methyl sites for hydroxylation is 1. The van der Waals surface area contributed by atoms with Gasteiger partial charge in [0.05, 0.1) is 9.90 Å². The maximum Gasteiger partial charge on any atom is 0.261 e. The molecule has 0 saturated heterocycles. The molecule has 126 valence electrons. The number of fused-ring (bicyclic) bond motifs is 3. The van der Waals surface area contributed by atoms with Crippen LogP contribution >= 0.6 is 22.9 Å². The first-order valence-electron chi connectivity index (χ1n) is 8.18. The van der Waals surface area contributed by atoms with E-state index in [1.807, 2.05) is 0 Å². The first kappa shape index (κ1) is 16.0. The molecule has 1 aromatic heterocycles. The van der Waals surface area contributed by atoms with E-state index in [4.69, 9.17) is 11.6 Å². The highest BCUT2D eigenvalue weighted by molar-refractivity contribution is 7.14. The van der Waals surface area contributed by atoms with Gasteiger partial charge in [0, 0.05) is 11.4 Å². The molecule has 1 heterocycles. The van der Waals surface area contributed by atoms with Gasteiger partial charge < -0.3 is 10.4 Å². The number of phenolic OH excluding ortho intramolecular Hbond substituents is 1. The maximum absolute atomic E-state index is 12.6. The van der Waals surface area contributed by atoms with Gasteiger partial charge in [-0.05, 0) is 59.4 Å². The lowest BCUT2D eigenvalue weighted by Gasteiger charge is -2.10. The highest BCUT2D eigenvalue weighted by Gasteiger charge is 2.63. The lowest BCUT2D eigenvalue weighted by molar-refractivity contribution is 0.0954. The number of phenols is 1. The van der Waals surface area contributed by atoms with E-state index < -0.39 is 0 Å². The molecule has 1 fully saturated rings. The molecule has 2 aliphatic rings. The number of rotatable bonds is 3. The molecule has 0 radical (unpaired) electrons. The van der Waals surface area contributed by atoms with Gasteiger partial charge in [0.1, 0.15) is 5.75 Å². The van der Waals surface area contributed by atoms with Gasteiger partial charge in [-0.15, -0.1) is 11.3 Å². The minimum atomic E-state index is -0.00680. The summed E-state index contributed by atoms with van der Waals surface area (Å²) in [5.41, 5.74) is 3.98. The van der Waals surface area contributed by atoms with Crippen LogP contribution in [0.3, 0.4) is 0 Å². The second-order valence-electron chi connectivity index (χ2n) is 7.46. The zero-order valence-electron chi connectivity index (χ0n) is 13.9. The van der Waals surface area contributed by atoms with E-state index in [0.29, 0.717) is 28.8 Å². The van der Waals surface area contributed by atoms with Gasteiger partial charge >= 0.3 is 0 Å². The Morgan fingerprint density at radius 2 is 2.21 bits per heavy atom. The van der Waals surface area contributed by atoms with Crippen molar-refractivity contribution >= 4 is 28.8 Å². The summed E-state index contributed by atoms with van der Waals surface area (Å²) in [6.45, 7) is 7.20. The molecule has 0 unspecified atom stereocenters. The smallest absolute Gasteiger partial charge is 0.261 e. The summed E-state index contributed by atoms with van der Waals surface area (Å²) in [6, 6.07) is 4.99. The van der Waals surface area contributed by atoms with Gasteiger partial charge in [-0.1, -0.05) is 31.5 Å². The molecule has 1 aromatic carbocycles. The summed E-state index contributed by atoms with van der Waals surface area (Å²) in [7, 11) is 0. The van der Waals surface area contributed by atoms with Crippen LogP contribution < -0.4 is 5.32 Å².